The van der Waals surface area contributed by atoms with Crippen LogP contribution in [0, 0.1) is 0 Å². The summed E-state index contributed by atoms with van der Waals surface area (Å²) in [6, 6.07) is 13.1. The molecule has 1 aliphatic rings. The fourth-order valence-corrected chi connectivity index (χ4v) is 3.28. The van der Waals surface area contributed by atoms with Crippen LogP contribution in [-0.2, 0) is 12.6 Å². The second-order valence-corrected chi connectivity index (χ2v) is 6.66. The van der Waals surface area contributed by atoms with Gasteiger partial charge < -0.3 is 10.5 Å². The molecule has 2 aromatic carbocycles. The molecule has 1 aliphatic heterocycles. The Morgan fingerprint density at radius 3 is 2.50 bits per heavy atom. The molecule has 0 aliphatic carbocycles. The third kappa shape index (κ3) is 4.19. The van der Waals surface area contributed by atoms with Gasteiger partial charge >= 0.3 is 6.18 Å². The van der Waals surface area contributed by atoms with E-state index in [9.17, 15) is 13.2 Å². The zero-order chi connectivity index (χ0) is 18.7. The van der Waals surface area contributed by atoms with Gasteiger partial charge in [0.15, 0.2) is 0 Å². The van der Waals surface area contributed by atoms with Gasteiger partial charge in [-0.25, -0.2) is 0 Å². The molecule has 2 aromatic rings. The van der Waals surface area contributed by atoms with E-state index < -0.39 is 11.7 Å². The number of benzene rings is 2. The molecular formula is C20H23F3N2O. The number of fused-ring (bicyclic) bond motifs is 1. The number of ether oxygens (including phenoxy) is 1. The summed E-state index contributed by atoms with van der Waals surface area (Å²) in [6.07, 6.45) is -3.70. The highest BCUT2D eigenvalue weighted by molar-refractivity contribution is 5.34. The molecule has 1 heterocycles. The van der Waals surface area contributed by atoms with Crippen LogP contribution in [-0.4, -0.2) is 30.6 Å². The molecule has 0 bridgehead atoms. The Hall–Kier alpha value is -2.05. The predicted octanol–water partition coefficient (Wildman–Crippen LogP) is 4.03. The summed E-state index contributed by atoms with van der Waals surface area (Å²) in [7, 11) is 0. The molecule has 26 heavy (non-hydrogen) atoms. The predicted molar refractivity (Wildman–Crippen MR) is 95.0 cm³/mol. The number of hydrogen-bond donors (Lipinski definition) is 1. The second kappa shape index (κ2) is 7.68. The fraction of sp³-hybridized carbons (Fsp3) is 0.400. The second-order valence-electron chi connectivity index (χ2n) is 6.66. The first kappa shape index (κ1) is 18.7. The lowest BCUT2D eigenvalue weighted by molar-refractivity contribution is -0.137. The van der Waals surface area contributed by atoms with E-state index in [0.717, 1.165) is 30.7 Å². The van der Waals surface area contributed by atoms with Crippen molar-refractivity contribution in [3.05, 3.63) is 65.2 Å². The van der Waals surface area contributed by atoms with Crippen LogP contribution in [0.25, 0.3) is 0 Å². The van der Waals surface area contributed by atoms with Crippen LogP contribution in [0.4, 0.5) is 13.2 Å². The standard InChI is InChI=1S/C20H23F3N2O/c1-14(12-24)25-11-10-15-4-2-3-5-18(15)19(13-25)26-17-8-6-16(7-9-17)20(21,22)23/h2-9,14,19H,10-13,24H2,1H3. The highest BCUT2D eigenvalue weighted by atomic mass is 19.4. The molecule has 2 N–H and O–H groups in total. The minimum absolute atomic E-state index is 0.211. The molecular weight excluding hydrogens is 341 g/mol. The van der Waals surface area contributed by atoms with Crippen molar-refractivity contribution in [2.45, 2.75) is 31.7 Å². The van der Waals surface area contributed by atoms with Crippen molar-refractivity contribution in [2.24, 2.45) is 5.73 Å². The van der Waals surface area contributed by atoms with Gasteiger partial charge in [0.1, 0.15) is 11.9 Å². The summed E-state index contributed by atoms with van der Waals surface area (Å²) in [6.45, 7) is 4.15. The first-order valence-electron chi connectivity index (χ1n) is 8.74. The molecule has 0 saturated heterocycles. The number of nitrogens with two attached hydrogens (primary N) is 1. The molecule has 0 spiro atoms. The lowest BCUT2D eigenvalue weighted by Crippen LogP contribution is -2.41. The molecule has 6 heteroatoms. The zero-order valence-corrected chi connectivity index (χ0v) is 14.7. The van der Waals surface area contributed by atoms with Crippen molar-refractivity contribution in [1.82, 2.24) is 4.90 Å². The number of halogens is 3. The van der Waals surface area contributed by atoms with E-state index in [-0.39, 0.29) is 12.1 Å². The molecule has 0 saturated carbocycles. The Morgan fingerprint density at radius 1 is 1.15 bits per heavy atom. The summed E-state index contributed by atoms with van der Waals surface area (Å²) in [4.78, 5) is 2.27. The van der Waals surface area contributed by atoms with Gasteiger partial charge in [0, 0.05) is 25.7 Å². The smallest absolute Gasteiger partial charge is 0.416 e. The Morgan fingerprint density at radius 2 is 1.85 bits per heavy atom. The quantitative estimate of drug-likeness (QED) is 0.890. The van der Waals surface area contributed by atoms with Gasteiger partial charge in [-0.05, 0) is 48.7 Å². The van der Waals surface area contributed by atoms with Crippen LogP contribution >= 0.6 is 0 Å². The topological polar surface area (TPSA) is 38.5 Å². The molecule has 3 rings (SSSR count). The highest BCUT2D eigenvalue weighted by Gasteiger charge is 2.31. The molecule has 0 aromatic heterocycles. The maximum Gasteiger partial charge on any atom is 0.416 e. The highest BCUT2D eigenvalue weighted by Crippen LogP contribution is 2.33. The number of rotatable bonds is 4. The molecule has 0 radical (unpaired) electrons. The van der Waals surface area contributed by atoms with E-state index in [1.807, 2.05) is 18.2 Å². The van der Waals surface area contributed by atoms with E-state index in [1.165, 1.54) is 17.7 Å². The first-order valence-corrected chi connectivity index (χ1v) is 8.74. The molecule has 2 atom stereocenters. The van der Waals surface area contributed by atoms with Gasteiger partial charge in [0.2, 0.25) is 0 Å². The van der Waals surface area contributed by atoms with Gasteiger partial charge in [-0.2, -0.15) is 13.2 Å². The summed E-state index contributed by atoms with van der Waals surface area (Å²) in [5, 5.41) is 0. The SMILES string of the molecule is CC(CN)N1CCc2ccccc2C(Oc2ccc(C(F)(F)F)cc2)C1. The molecule has 2 unspecified atom stereocenters. The maximum atomic E-state index is 12.7. The van der Waals surface area contributed by atoms with Crippen LogP contribution in [0.1, 0.15) is 29.7 Å². The number of nitrogens with zero attached hydrogens (tertiary/aromatic N) is 1. The Labute approximate surface area is 151 Å². The monoisotopic (exact) mass is 364 g/mol. The molecule has 0 amide bonds. The molecule has 0 fully saturated rings. The lowest BCUT2D eigenvalue weighted by Gasteiger charge is -2.30. The summed E-state index contributed by atoms with van der Waals surface area (Å²) in [5.41, 5.74) is 7.44. The largest absolute Gasteiger partial charge is 0.484 e. The number of hydrogen-bond acceptors (Lipinski definition) is 3. The maximum absolute atomic E-state index is 12.7. The van der Waals surface area contributed by atoms with Gasteiger partial charge in [0.05, 0.1) is 5.56 Å². The van der Waals surface area contributed by atoms with Gasteiger partial charge in [0.25, 0.3) is 0 Å². The minimum Gasteiger partial charge on any atom is -0.484 e. The van der Waals surface area contributed by atoms with Crippen LogP contribution in [0.3, 0.4) is 0 Å². The van der Waals surface area contributed by atoms with Crippen molar-refractivity contribution < 1.29 is 17.9 Å². The minimum atomic E-state index is -4.35. The van der Waals surface area contributed by atoms with Crippen molar-refractivity contribution in [2.75, 3.05) is 19.6 Å². The number of alkyl halides is 3. The van der Waals surface area contributed by atoms with E-state index >= 15 is 0 Å². The van der Waals surface area contributed by atoms with E-state index in [4.69, 9.17) is 10.5 Å². The first-order chi connectivity index (χ1) is 12.4. The third-order valence-corrected chi connectivity index (χ3v) is 4.90. The van der Waals surface area contributed by atoms with Crippen LogP contribution in [0.5, 0.6) is 5.75 Å². The summed E-state index contributed by atoms with van der Waals surface area (Å²) >= 11 is 0. The summed E-state index contributed by atoms with van der Waals surface area (Å²) in [5.74, 6) is 0.431. The average Bonchev–Trinajstić information content (AvgIpc) is 2.81. The Bertz CT molecular complexity index is 731. The van der Waals surface area contributed by atoms with Crippen LogP contribution in [0.2, 0.25) is 0 Å². The van der Waals surface area contributed by atoms with Gasteiger partial charge in [-0.15, -0.1) is 0 Å². The van der Waals surface area contributed by atoms with Gasteiger partial charge in [-0.3, -0.25) is 4.90 Å². The van der Waals surface area contributed by atoms with Crippen LogP contribution < -0.4 is 10.5 Å². The van der Waals surface area contributed by atoms with Gasteiger partial charge in [-0.1, -0.05) is 24.3 Å². The van der Waals surface area contributed by atoms with Crippen LogP contribution in [0.15, 0.2) is 48.5 Å². The summed E-state index contributed by atoms with van der Waals surface area (Å²) < 4.78 is 44.4. The van der Waals surface area contributed by atoms with E-state index in [2.05, 4.69) is 17.9 Å². The van der Waals surface area contributed by atoms with E-state index in [1.54, 1.807) is 0 Å². The fourth-order valence-electron chi connectivity index (χ4n) is 3.28. The average molecular weight is 364 g/mol. The third-order valence-electron chi connectivity index (χ3n) is 4.90. The van der Waals surface area contributed by atoms with Crippen molar-refractivity contribution >= 4 is 0 Å². The zero-order valence-electron chi connectivity index (χ0n) is 14.7. The Balaban J connectivity index is 1.85. The molecule has 3 nitrogen and oxygen atoms in total. The lowest BCUT2D eigenvalue weighted by atomic mass is 10.0. The molecule has 140 valence electrons. The normalized spacial score (nSPS) is 19.5. The Kier molecular flexibility index (Phi) is 5.53. The van der Waals surface area contributed by atoms with Crippen molar-refractivity contribution in [3.63, 3.8) is 0 Å². The van der Waals surface area contributed by atoms with E-state index in [0.29, 0.717) is 18.8 Å². The van der Waals surface area contributed by atoms with Crippen molar-refractivity contribution in [3.8, 4) is 5.75 Å². The van der Waals surface area contributed by atoms with Crippen molar-refractivity contribution in [1.29, 1.82) is 0 Å².